The minimum atomic E-state index is -0.933. The van der Waals surface area contributed by atoms with Gasteiger partial charge < -0.3 is 5.32 Å². The molecule has 0 radical (unpaired) electrons. The molecular weight excluding hydrogens is 322 g/mol. The van der Waals surface area contributed by atoms with Gasteiger partial charge in [0.15, 0.2) is 11.6 Å². The zero-order chi connectivity index (χ0) is 18.1. The molecule has 3 aromatic rings. The number of aromatic nitrogens is 1. The van der Waals surface area contributed by atoms with Gasteiger partial charge in [-0.05, 0) is 56.7 Å². The molecule has 128 valence electrons. The molecule has 5 heteroatoms. The van der Waals surface area contributed by atoms with Gasteiger partial charge in [-0.2, -0.15) is 0 Å². The van der Waals surface area contributed by atoms with Gasteiger partial charge in [-0.3, -0.25) is 9.78 Å². The molecule has 1 aromatic heterocycles. The average Bonchev–Trinajstić information content (AvgIpc) is 2.56. The average molecular weight is 340 g/mol. The number of pyridine rings is 1. The number of fused-ring (bicyclic) bond motifs is 1. The van der Waals surface area contributed by atoms with Crippen molar-refractivity contribution >= 4 is 16.8 Å². The first-order valence-electron chi connectivity index (χ1n) is 7.99. The van der Waals surface area contributed by atoms with Crippen molar-refractivity contribution in [2.75, 3.05) is 0 Å². The van der Waals surface area contributed by atoms with E-state index in [2.05, 4.69) is 10.3 Å². The molecule has 0 aliphatic heterocycles. The van der Waals surface area contributed by atoms with Gasteiger partial charge >= 0.3 is 0 Å². The highest BCUT2D eigenvalue weighted by Crippen LogP contribution is 2.20. The summed E-state index contributed by atoms with van der Waals surface area (Å²) in [5.41, 5.74) is 3.49. The van der Waals surface area contributed by atoms with Gasteiger partial charge in [-0.1, -0.05) is 17.7 Å². The van der Waals surface area contributed by atoms with Crippen LogP contribution in [-0.4, -0.2) is 10.9 Å². The standard InChI is InChI=1S/C20H18F2N2O/c1-11-4-7-19-15(8-11)9-16(13(3)23-19)20(25)24-12(2)14-5-6-17(21)18(22)10-14/h4-10,12H,1-3H3,(H,24,25). The first-order chi connectivity index (χ1) is 11.8. The molecule has 0 fully saturated rings. The lowest BCUT2D eigenvalue weighted by Crippen LogP contribution is -2.27. The molecule has 0 bridgehead atoms. The number of rotatable bonds is 3. The van der Waals surface area contributed by atoms with Gasteiger partial charge in [-0.15, -0.1) is 0 Å². The fourth-order valence-electron chi connectivity index (χ4n) is 2.76. The van der Waals surface area contributed by atoms with E-state index in [4.69, 9.17) is 0 Å². The van der Waals surface area contributed by atoms with E-state index in [0.717, 1.165) is 28.6 Å². The van der Waals surface area contributed by atoms with Crippen LogP contribution in [-0.2, 0) is 0 Å². The first-order valence-corrected chi connectivity index (χ1v) is 7.99. The fraction of sp³-hybridized carbons (Fsp3) is 0.200. The van der Waals surface area contributed by atoms with Gasteiger partial charge in [0.2, 0.25) is 0 Å². The Kier molecular flexibility index (Phi) is 4.49. The van der Waals surface area contributed by atoms with Crippen LogP contribution >= 0.6 is 0 Å². The van der Waals surface area contributed by atoms with Crippen molar-refractivity contribution in [1.82, 2.24) is 10.3 Å². The predicted molar refractivity (Wildman–Crippen MR) is 93.5 cm³/mol. The van der Waals surface area contributed by atoms with E-state index in [1.165, 1.54) is 6.07 Å². The summed E-state index contributed by atoms with van der Waals surface area (Å²) in [5, 5.41) is 3.70. The van der Waals surface area contributed by atoms with Crippen LogP contribution in [0.3, 0.4) is 0 Å². The van der Waals surface area contributed by atoms with Crippen molar-refractivity contribution in [3.8, 4) is 0 Å². The van der Waals surface area contributed by atoms with Crippen LogP contribution in [0.5, 0.6) is 0 Å². The summed E-state index contributed by atoms with van der Waals surface area (Å²) in [7, 11) is 0. The zero-order valence-electron chi connectivity index (χ0n) is 14.2. The molecule has 1 amide bonds. The highest BCUT2D eigenvalue weighted by Gasteiger charge is 2.16. The monoisotopic (exact) mass is 340 g/mol. The number of halogens is 2. The molecule has 3 rings (SSSR count). The number of nitrogens with zero attached hydrogens (tertiary/aromatic N) is 1. The molecule has 1 unspecified atom stereocenters. The Morgan fingerprint density at radius 2 is 1.80 bits per heavy atom. The highest BCUT2D eigenvalue weighted by molar-refractivity contribution is 5.98. The van der Waals surface area contributed by atoms with E-state index in [9.17, 15) is 13.6 Å². The molecule has 0 saturated heterocycles. The van der Waals surface area contributed by atoms with Crippen LogP contribution < -0.4 is 5.32 Å². The first kappa shape index (κ1) is 17.0. The third-order valence-corrected chi connectivity index (χ3v) is 4.20. The second kappa shape index (κ2) is 6.59. The lowest BCUT2D eigenvalue weighted by molar-refractivity contribution is 0.0939. The number of hydrogen-bond donors (Lipinski definition) is 1. The van der Waals surface area contributed by atoms with Gasteiger partial charge in [0.1, 0.15) is 0 Å². The number of carbonyl (C=O) groups is 1. The summed E-state index contributed by atoms with van der Waals surface area (Å²) in [5.74, 6) is -2.14. The van der Waals surface area contributed by atoms with Crippen molar-refractivity contribution in [2.45, 2.75) is 26.8 Å². The Bertz CT molecular complexity index is 969. The molecule has 1 N–H and O–H groups in total. The van der Waals surface area contributed by atoms with Crippen LogP contribution in [0.4, 0.5) is 8.78 Å². The van der Waals surface area contributed by atoms with E-state index in [-0.39, 0.29) is 5.91 Å². The van der Waals surface area contributed by atoms with Crippen LogP contribution in [0, 0.1) is 25.5 Å². The molecule has 3 nitrogen and oxygen atoms in total. The maximum Gasteiger partial charge on any atom is 0.253 e. The SMILES string of the molecule is Cc1ccc2nc(C)c(C(=O)NC(C)c3ccc(F)c(F)c3)cc2c1. The second-order valence-corrected chi connectivity index (χ2v) is 6.19. The number of hydrogen-bond acceptors (Lipinski definition) is 2. The van der Waals surface area contributed by atoms with Crippen molar-refractivity contribution in [1.29, 1.82) is 0 Å². The number of benzene rings is 2. The Labute approximate surface area is 144 Å². The molecule has 0 aliphatic carbocycles. The van der Waals surface area contributed by atoms with Crippen LogP contribution in [0.15, 0.2) is 42.5 Å². The molecule has 0 aliphatic rings. The van der Waals surface area contributed by atoms with E-state index >= 15 is 0 Å². The topological polar surface area (TPSA) is 42.0 Å². The minimum Gasteiger partial charge on any atom is -0.345 e. The minimum absolute atomic E-state index is 0.300. The molecular formula is C20H18F2N2O. The van der Waals surface area contributed by atoms with Crippen molar-refractivity contribution in [3.05, 3.63) is 76.5 Å². The maximum atomic E-state index is 13.4. The fourth-order valence-corrected chi connectivity index (χ4v) is 2.76. The molecule has 0 spiro atoms. The Morgan fingerprint density at radius 3 is 2.52 bits per heavy atom. The highest BCUT2D eigenvalue weighted by atomic mass is 19.2. The summed E-state index contributed by atoms with van der Waals surface area (Å²) >= 11 is 0. The predicted octanol–water partition coefficient (Wildman–Crippen LogP) is 4.62. The molecule has 25 heavy (non-hydrogen) atoms. The summed E-state index contributed by atoms with van der Waals surface area (Å²) in [6.45, 7) is 5.47. The summed E-state index contributed by atoms with van der Waals surface area (Å²) in [6, 6.07) is 10.8. The number of nitrogens with one attached hydrogen (secondary N) is 1. The quantitative estimate of drug-likeness (QED) is 0.756. The molecule has 1 atom stereocenters. The summed E-state index contributed by atoms with van der Waals surface area (Å²) < 4.78 is 26.4. The van der Waals surface area contributed by atoms with Gasteiger partial charge in [-0.25, -0.2) is 8.78 Å². The largest absolute Gasteiger partial charge is 0.345 e. The third-order valence-electron chi connectivity index (χ3n) is 4.20. The number of carbonyl (C=O) groups excluding carboxylic acids is 1. The van der Waals surface area contributed by atoms with Crippen molar-refractivity contribution in [2.24, 2.45) is 0 Å². The van der Waals surface area contributed by atoms with Crippen LogP contribution in [0.25, 0.3) is 10.9 Å². The zero-order valence-corrected chi connectivity index (χ0v) is 14.2. The van der Waals surface area contributed by atoms with Crippen LogP contribution in [0.1, 0.15) is 40.1 Å². The Morgan fingerprint density at radius 1 is 1.04 bits per heavy atom. The molecule has 0 saturated carbocycles. The lowest BCUT2D eigenvalue weighted by Gasteiger charge is -2.16. The maximum absolute atomic E-state index is 13.4. The van der Waals surface area contributed by atoms with Gasteiger partial charge in [0.25, 0.3) is 5.91 Å². The molecule has 2 aromatic carbocycles. The number of amides is 1. The van der Waals surface area contributed by atoms with E-state index in [1.807, 2.05) is 25.1 Å². The number of aryl methyl sites for hydroxylation is 2. The molecule has 1 heterocycles. The van der Waals surface area contributed by atoms with Gasteiger partial charge in [0, 0.05) is 5.39 Å². The van der Waals surface area contributed by atoms with E-state index < -0.39 is 17.7 Å². The van der Waals surface area contributed by atoms with Crippen molar-refractivity contribution < 1.29 is 13.6 Å². The lowest BCUT2D eigenvalue weighted by atomic mass is 10.1. The van der Waals surface area contributed by atoms with Gasteiger partial charge in [0.05, 0.1) is 22.8 Å². The summed E-state index contributed by atoms with van der Waals surface area (Å²) in [4.78, 5) is 17.1. The normalized spacial score (nSPS) is 12.2. The third kappa shape index (κ3) is 3.50. The van der Waals surface area contributed by atoms with E-state index in [0.29, 0.717) is 16.8 Å². The Balaban J connectivity index is 1.88. The smallest absolute Gasteiger partial charge is 0.253 e. The van der Waals surface area contributed by atoms with E-state index in [1.54, 1.807) is 19.9 Å². The van der Waals surface area contributed by atoms with Crippen LogP contribution in [0.2, 0.25) is 0 Å². The second-order valence-electron chi connectivity index (χ2n) is 6.19. The summed E-state index contributed by atoms with van der Waals surface area (Å²) in [6.07, 6.45) is 0. The Hall–Kier alpha value is -2.82. The van der Waals surface area contributed by atoms with Crippen molar-refractivity contribution in [3.63, 3.8) is 0 Å².